The Morgan fingerprint density at radius 2 is 1.67 bits per heavy atom. The van der Waals surface area contributed by atoms with Gasteiger partial charge in [0.2, 0.25) is 0 Å². The van der Waals surface area contributed by atoms with Crippen molar-refractivity contribution in [3.63, 3.8) is 0 Å². The quantitative estimate of drug-likeness (QED) is 0.282. The van der Waals surface area contributed by atoms with Gasteiger partial charge >= 0.3 is 0 Å². The van der Waals surface area contributed by atoms with E-state index in [0.717, 1.165) is 32.1 Å². The van der Waals surface area contributed by atoms with Crippen molar-refractivity contribution >= 4 is 0 Å². The monoisotopic (exact) mass is 502 g/mol. The van der Waals surface area contributed by atoms with Crippen LogP contribution in [0.4, 0.5) is 0 Å². The molecule has 0 aromatic heterocycles. The van der Waals surface area contributed by atoms with Crippen LogP contribution < -0.4 is 0 Å². The van der Waals surface area contributed by atoms with Crippen LogP contribution in [0.25, 0.3) is 0 Å². The van der Waals surface area contributed by atoms with Crippen LogP contribution in [0.3, 0.4) is 0 Å². The van der Waals surface area contributed by atoms with Gasteiger partial charge in [-0.1, -0.05) is 53.7 Å². The van der Waals surface area contributed by atoms with Gasteiger partial charge < -0.3 is 25.5 Å². The smallest absolute Gasteiger partial charge is 0.161 e. The maximum atomic E-state index is 11.4. The van der Waals surface area contributed by atoms with Crippen LogP contribution in [0, 0.1) is 39.4 Å². The minimum atomic E-state index is -1.44. The van der Waals surface area contributed by atoms with E-state index >= 15 is 0 Å². The fourth-order valence-corrected chi connectivity index (χ4v) is 8.94. The molecule has 4 aliphatic carbocycles. The second-order valence-corrected chi connectivity index (χ2v) is 14.4. The van der Waals surface area contributed by atoms with Crippen LogP contribution in [0.15, 0.2) is 34.8 Å². The van der Waals surface area contributed by atoms with Crippen LogP contribution in [-0.4, -0.2) is 43.3 Å². The zero-order chi connectivity index (χ0) is 27.1. The van der Waals surface area contributed by atoms with E-state index in [1.165, 1.54) is 25.0 Å². The number of rotatable bonds is 5. The summed E-state index contributed by atoms with van der Waals surface area (Å²) in [6.45, 7) is 16.6. The number of allylic oxidation sites excluding steroid dienone is 4. The van der Waals surface area contributed by atoms with Crippen molar-refractivity contribution in [3.05, 3.63) is 34.8 Å². The molecule has 0 heterocycles. The first-order valence-electron chi connectivity index (χ1n) is 14.0. The molecule has 0 aromatic carbocycles. The molecule has 0 aromatic rings. The first-order valence-corrected chi connectivity index (χ1v) is 14.0. The highest BCUT2D eigenvalue weighted by Crippen LogP contribution is 2.71. The zero-order valence-corrected chi connectivity index (χ0v) is 23.7. The lowest BCUT2D eigenvalue weighted by Crippen LogP contribution is -2.60. The molecule has 0 saturated heterocycles. The fraction of sp³-hybridized carbons (Fsp3) is 0.806. The molecule has 8 unspecified atom stereocenters. The summed E-state index contributed by atoms with van der Waals surface area (Å²) in [6.07, 6.45) is 9.38. The van der Waals surface area contributed by atoms with Gasteiger partial charge in [0.15, 0.2) is 5.76 Å². The molecule has 0 bridgehead atoms. The molecule has 2 saturated carbocycles. The Kier molecular flexibility index (Phi) is 6.63. The molecule has 0 spiro atoms. The Morgan fingerprint density at radius 1 is 1.03 bits per heavy atom. The van der Waals surface area contributed by atoms with E-state index in [0.29, 0.717) is 24.7 Å². The number of hydrogen-bond donors (Lipinski definition) is 5. The van der Waals surface area contributed by atoms with Crippen LogP contribution >= 0.6 is 0 Å². The number of hydrogen-bond acceptors (Lipinski definition) is 5. The predicted molar refractivity (Wildman–Crippen MR) is 143 cm³/mol. The molecule has 5 nitrogen and oxygen atoms in total. The SMILES string of the molecule is CC(CCC(O)=C(O)C(C)(C)O)C1CCC2(C)C3=CCC4C(C)(C)C(O)CC(O)C4(C)C3=CCC12C. The summed E-state index contributed by atoms with van der Waals surface area (Å²) < 4.78 is 0. The summed E-state index contributed by atoms with van der Waals surface area (Å²) in [6, 6.07) is 0. The van der Waals surface area contributed by atoms with Gasteiger partial charge in [-0.05, 0) is 91.1 Å². The standard InChI is InChI=1S/C31H50O5/c1-18(9-11-22(32)26(35)28(4,5)36)19-13-15-30(7)20-10-12-23-27(2,3)24(33)17-25(34)31(23,8)21(20)14-16-29(19,30)6/h10,14,18-19,23-25,32-36H,9,11-13,15-17H2,1-8H3. The van der Waals surface area contributed by atoms with Crippen molar-refractivity contribution in [2.24, 2.45) is 39.4 Å². The minimum absolute atomic E-state index is 0.0109. The molecule has 0 aliphatic heterocycles. The van der Waals surface area contributed by atoms with Crippen molar-refractivity contribution in [2.45, 2.75) is 118 Å². The van der Waals surface area contributed by atoms with Gasteiger partial charge in [-0.15, -0.1) is 0 Å². The third-order valence-electron chi connectivity index (χ3n) is 11.8. The molecule has 5 heteroatoms. The van der Waals surface area contributed by atoms with Gasteiger partial charge in [0.25, 0.3) is 0 Å². The fourth-order valence-electron chi connectivity index (χ4n) is 8.94. The highest BCUT2D eigenvalue weighted by Gasteiger charge is 2.64. The summed E-state index contributed by atoms with van der Waals surface area (Å²) in [5.74, 6) is 0.567. The lowest BCUT2D eigenvalue weighted by molar-refractivity contribution is -0.146. The average Bonchev–Trinajstić information content (AvgIpc) is 3.06. The Labute approximate surface area is 218 Å². The maximum absolute atomic E-state index is 11.4. The highest BCUT2D eigenvalue weighted by atomic mass is 16.3. The van der Waals surface area contributed by atoms with E-state index in [9.17, 15) is 25.5 Å². The number of fused-ring (bicyclic) bond motifs is 5. The summed E-state index contributed by atoms with van der Waals surface area (Å²) in [5, 5.41) is 52.7. The third kappa shape index (κ3) is 3.74. The van der Waals surface area contributed by atoms with Crippen molar-refractivity contribution < 1.29 is 25.5 Å². The van der Waals surface area contributed by atoms with E-state index in [-0.39, 0.29) is 39.1 Å². The van der Waals surface area contributed by atoms with Crippen molar-refractivity contribution in [1.82, 2.24) is 0 Å². The van der Waals surface area contributed by atoms with Crippen LogP contribution in [-0.2, 0) is 0 Å². The van der Waals surface area contributed by atoms with Crippen LogP contribution in [0.5, 0.6) is 0 Å². The van der Waals surface area contributed by atoms with E-state index in [4.69, 9.17) is 0 Å². The second-order valence-electron chi connectivity index (χ2n) is 14.4. The number of aliphatic hydroxyl groups is 5. The second kappa shape index (κ2) is 8.61. The molecule has 36 heavy (non-hydrogen) atoms. The molecule has 204 valence electrons. The first kappa shape index (κ1) is 27.7. The van der Waals surface area contributed by atoms with E-state index in [2.05, 4.69) is 53.7 Å². The first-order chi connectivity index (χ1) is 16.4. The zero-order valence-electron chi connectivity index (χ0n) is 23.7. The maximum Gasteiger partial charge on any atom is 0.161 e. The largest absolute Gasteiger partial charge is 0.509 e. The van der Waals surface area contributed by atoms with Crippen LogP contribution in [0.1, 0.15) is 100 Å². The third-order valence-corrected chi connectivity index (χ3v) is 11.8. The normalized spacial score (nSPS) is 43.4. The summed E-state index contributed by atoms with van der Waals surface area (Å²) in [4.78, 5) is 0. The average molecular weight is 503 g/mol. The molecule has 5 N–H and O–H groups in total. The van der Waals surface area contributed by atoms with Gasteiger partial charge in [-0.3, -0.25) is 0 Å². The summed E-state index contributed by atoms with van der Waals surface area (Å²) >= 11 is 0. The van der Waals surface area contributed by atoms with Crippen molar-refractivity contribution in [2.75, 3.05) is 0 Å². The molecule has 4 aliphatic rings. The van der Waals surface area contributed by atoms with E-state index in [1.807, 2.05) is 0 Å². The Bertz CT molecular complexity index is 983. The van der Waals surface area contributed by atoms with E-state index in [1.54, 1.807) is 0 Å². The molecule has 4 rings (SSSR count). The van der Waals surface area contributed by atoms with Crippen molar-refractivity contribution in [3.8, 4) is 0 Å². The summed E-state index contributed by atoms with van der Waals surface area (Å²) in [7, 11) is 0. The molecule has 2 fully saturated rings. The van der Waals surface area contributed by atoms with Gasteiger partial charge in [0.05, 0.1) is 12.2 Å². The van der Waals surface area contributed by atoms with Gasteiger partial charge in [-0.25, -0.2) is 0 Å². The van der Waals surface area contributed by atoms with Gasteiger partial charge in [0, 0.05) is 18.3 Å². The topological polar surface area (TPSA) is 101 Å². The Hall–Kier alpha value is -1.30. The molecular formula is C31H50O5. The predicted octanol–water partition coefficient (Wildman–Crippen LogP) is 6.36. The Morgan fingerprint density at radius 3 is 2.28 bits per heavy atom. The lowest BCUT2D eigenvalue weighted by atomic mass is 9.43. The molecule has 0 amide bonds. The number of aliphatic hydroxyl groups excluding tert-OH is 4. The van der Waals surface area contributed by atoms with E-state index < -0.39 is 17.8 Å². The van der Waals surface area contributed by atoms with Gasteiger partial charge in [-0.2, -0.15) is 0 Å². The molecule has 0 radical (unpaired) electrons. The Balaban J connectivity index is 1.63. The molecule has 8 atom stereocenters. The van der Waals surface area contributed by atoms with Crippen LogP contribution in [0.2, 0.25) is 0 Å². The molecular weight excluding hydrogens is 452 g/mol. The minimum Gasteiger partial charge on any atom is -0.509 e. The van der Waals surface area contributed by atoms with Crippen molar-refractivity contribution in [1.29, 1.82) is 0 Å². The lowest BCUT2D eigenvalue weighted by Gasteiger charge is -2.62. The highest BCUT2D eigenvalue weighted by molar-refractivity contribution is 5.50. The summed E-state index contributed by atoms with van der Waals surface area (Å²) in [5.41, 5.74) is 0.759. The van der Waals surface area contributed by atoms with Gasteiger partial charge in [0.1, 0.15) is 11.4 Å².